The Morgan fingerprint density at radius 1 is 1.31 bits per heavy atom. The van der Waals surface area contributed by atoms with Crippen LogP contribution in [-0.4, -0.2) is 5.17 Å². The summed E-state index contributed by atoms with van der Waals surface area (Å²) >= 11 is 1.43. The average Bonchev–Trinajstić information content (AvgIpc) is 2.16. The van der Waals surface area contributed by atoms with Crippen LogP contribution in [0.3, 0.4) is 0 Å². The number of hydrazone groups is 1. The zero-order chi connectivity index (χ0) is 8.81. The van der Waals surface area contributed by atoms with Crippen LogP contribution in [0, 0.1) is 0 Å². The van der Waals surface area contributed by atoms with Gasteiger partial charge in [-0.2, -0.15) is 5.10 Å². The van der Waals surface area contributed by atoms with Crippen molar-refractivity contribution < 1.29 is 0 Å². The van der Waals surface area contributed by atoms with Crippen LogP contribution in [0.25, 0.3) is 0 Å². The molecular weight excluding hydrogens is 250 g/mol. The molecule has 0 unspecified atom stereocenters. The quantitative estimate of drug-likeness (QED) is 0.369. The molecule has 72 valence electrons. The van der Waals surface area contributed by atoms with E-state index in [9.17, 15) is 0 Å². The molecule has 0 aliphatic carbocycles. The molecule has 0 radical (unpaired) electrons. The first-order chi connectivity index (χ1) is 5.83. The van der Waals surface area contributed by atoms with E-state index in [2.05, 4.69) is 5.10 Å². The molecule has 0 aliphatic heterocycles. The van der Waals surface area contributed by atoms with E-state index in [1.807, 2.05) is 30.3 Å². The molecule has 0 fully saturated rings. The number of nitrogens with two attached hydrogens (primary N) is 2. The predicted octanol–water partition coefficient (Wildman–Crippen LogP) is 1.69. The highest BCUT2D eigenvalue weighted by Crippen LogP contribution is 2.10. The zero-order valence-corrected chi connectivity index (χ0v) is 9.54. The molecule has 0 spiro atoms. The Kier molecular flexibility index (Phi) is 6.44. The molecular formula is C8H12BrN3S. The minimum absolute atomic E-state index is 0. The van der Waals surface area contributed by atoms with Crippen molar-refractivity contribution in [3.8, 4) is 0 Å². The second-order valence-electron chi connectivity index (χ2n) is 2.24. The number of hydrogen-bond donors (Lipinski definition) is 2. The highest BCUT2D eigenvalue weighted by Gasteiger charge is 1.94. The smallest absolute Gasteiger partial charge is 0.177 e. The number of halogens is 1. The van der Waals surface area contributed by atoms with Crippen LogP contribution in [0.2, 0.25) is 0 Å². The summed E-state index contributed by atoms with van der Waals surface area (Å²) in [5.41, 5.74) is 6.63. The monoisotopic (exact) mass is 261 g/mol. The Morgan fingerprint density at radius 2 is 1.92 bits per heavy atom. The van der Waals surface area contributed by atoms with Gasteiger partial charge in [0.2, 0.25) is 0 Å². The number of nitrogens with zero attached hydrogens (tertiary/aromatic N) is 1. The molecule has 1 aromatic carbocycles. The Balaban J connectivity index is 0.00000144. The fourth-order valence-corrected chi connectivity index (χ4v) is 1.35. The van der Waals surface area contributed by atoms with Gasteiger partial charge < -0.3 is 11.6 Å². The van der Waals surface area contributed by atoms with Gasteiger partial charge in [-0.15, -0.1) is 17.0 Å². The molecule has 0 saturated heterocycles. The van der Waals surface area contributed by atoms with Gasteiger partial charge in [-0.05, 0) is 5.56 Å². The summed E-state index contributed by atoms with van der Waals surface area (Å²) in [6, 6.07) is 10.0. The summed E-state index contributed by atoms with van der Waals surface area (Å²) in [4.78, 5) is 0. The molecule has 0 atom stereocenters. The van der Waals surface area contributed by atoms with Gasteiger partial charge in [0.25, 0.3) is 0 Å². The van der Waals surface area contributed by atoms with Crippen molar-refractivity contribution >= 4 is 33.9 Å². The van der Waals surface area contributed by atoms with E-state index in [0.717, 1.165) is 5.75 Å². The van der Waals surface area contributed by atoms with Gasteiger partial charge in [0.05, 0.1) is 0 Å². The fourth-order valence-electron chi connectivity index (χ4n) is 0.769. The summed E-state index contributed by atoms with van der Waals surface area (Å²) in [5.74, 6) is 5.79. The molecule has 0 aromatic heterocycles. The van der Waals surface area contributed by atoms with Gasteiger partial charge in [0, 0.05) is 5.75 Å². The fraction of sp³-hybridized carbons (Fsp3) is 0.125. The van der Waals surface area contributed by atoms with Gasteiger partial charge >= 0.3 is 0 Å². The summed E-state index contributed by atoms with van der Waals surface area (Å²) in [6.45, 7) is 0. The van der Waals surface area contributed by atoms with E-state index in [1.165, 1.54) is 17.3 Å². The standard InChI is InChI=1S/C8H11N3S.BrH/c9-8(11-10)12-6-7-4-2-1-3-5-7;/h1-5H,6,10H2,(H2,9,11);1H. The molecule has 0 heterocycles. The lowest BCUT2D eigenvalue weighted by atomic mass is 10.2. The molecule has 0 bridgehead atoms. The molecule has 1 aromatic rings. The predicted molar refractivity (Wildman–Crippen MR) is 63.9 cm³/mol. The highest BCUT2D eigenvalue weighted by atomic mass is 79.9. The summed E-state index contributed by atoms with van der Waals surface area (Å²) in [6.07, 6.45) is 0. The van der Waals surface area contributed by atoms with Gasteiger partial charge in [-0.1, -0.05) is 42.1 Å². The molecule has 0 saturated carbocycles. The number of benzene rings is 1. The Hall–Kier alpha value is -0.680. The molecule has 1 rings (SSSR count). The zero-order valence-electron chi connectivity index (χ0n) is 7.01. The van der Waals surface area contributed by atoms with Gasteiger partial charge in [0.15, 0.2) is 5.17 Å². The molecule has 0 aliphatic rings. The van der Waals surface area contributed by atoms with Crippen LogP contribution < -0.4 is 11.6 Å². The molecule has 0 amide bonds. The van der Waals surface area contributed by atoms with Gasteiger partial charge in [-0.25, -0.2) is 0 Å². The molecule has 13 heavy (non-hydrogen) atoms. The number of thioether (sulfide) groups is 1. The minimum atomic E-state index is 0. The highest BCUT2D eigenvalue weighted by molar-refractivity contribution is 8.93. The lowest BCUT2D eigenvalue weighted by Gasteiger charge is -1.98. The Labute approximate surface area is 92.3 Å². The van der Waals surface area contributed by atoms with Crippen molar-refractivity contribution in [1.82, 2.24) is 0 Å². The SMILES string of the molecule is Br.N/N=C(\N)SCc1ccccc1. The first-order valence-electron chi connectivity index (χ1n) is 3.53. The van der Waals surface area contributed by atoms with Crippen molar-refractivity contribution in [3.63, 3.8) is 0 Å². The Bertz CT molecular complexity index is 263. The first kappa shape index (κ1) is 12.3. The molecule has 3 nitrogen and oxygen atoms in total. The first-order valence-corrected chi connectivity index (χ1v) is 4.51. The topological polar surface area (TPSA) is 64.4 Å². The largest absolute Gasteiger partial charge is 0.377 e. The number of amidine groups is 1. The van der Waals surface area contributed by atoms with E-state index in [0.29, 0.717) is 5.17 Å². The third kappa shape index (κ3) is 4.80. The van der Waals surface area contributed by atoms with Crippen LogP contribution >= 0.6 is 28.7 Å². The van der Waals surface area contributed by atoms with Crippen LogP contribution in [-0.2, 0) is 5.75 Å². The van der Waals surface area contributed by atoms with E-state index < -0.39 is 0 Å². The second kappa shape index (κ2) is 6.80. The number of rotatable bonds is 2. The summed E-state index contributed by atoms with van der Waals surface area (Å²) < 4.78 is 0. The van der Waals surface area contributed by atoms with Crippen LogP contribution in [0.1, 0.15) is 5.56 Å². The normalized spacial score (nSPS) is 10.6. The van der Waals surface area contributed by atoms with Crippen LogP contribution in [0.15, 0.2) is 35.4 Å². The second-order valence-corrected chi connectivity index (χ2v) is 3.24. The van der Waals surface area contributed by atoms with Crippen LogP contribution in [0.4, 0.5) is 0 Å². The molecule has 5 heteroatoms. The maximum atomic E-state index is 5.41. The minimum Gasteiger partial charge on any atom is -0.377 e. The van der Waals surface area contributed by atoms with Crippen molar-refractivity contribution in [2.45, 2.75) is 5.75 Å². The average molecular weight is 262 g/mol. The third-order valence-corrected chi connectivity index (χ3v) is 2.24. The van der Waals surface area contributed by atoms with Crippen molar-refractivity contribution in [2.75, 3.05) is 0 Å². The van der Waals surface area contributed by atoms with Gasteiger partial charge in [-0.3, -0.25) is 0 Å². The lowest BCUT2D eigenvalue weighted by Crippen LogP contribution is -2.09. The van der Waals surface area contributed by atoms with Gasteiger partial charge in [0.1, 0.15) is 0 Å². The van der Waals surface area contributed by atoms with Crippen molar-refractivity contribution in [2.24, 2.45) is 16.7 Å². The third-order valence-electron chi connectivity index (χ3n) is 1.36. The van der Waals surface area contributed by atoms with E-state index in [1.54, 1.807) is 0 Å². The number of hydrogen-bond acceptors (Lipinski definition) is 3. The summed E-state index contributed by atoms with van der Waals surface area (Å²) in [5, 5.41) is 3.78. The maximum Gasteiger partial charge on any atom is 0.177 e. The van der Waals surface area contributed by atoms with E-state index in [-0.39, 0.29) is 17.0 Å². The van der Waals surface area contributed by atoms with E-state index >= 15 is 0 Å². The maximum absolute atomic E-state index is 5.41. The summed E-state index contributed by atoms with van der Waals surface area (Å²) in [7, 11) is 0. The van der Waals surface area contributed by atoms with Crippen LogP contribution in [0.5, 0.6) is 0 Å². The lowest BCUT2D eigenvalue weighted by molar-refractivity contribution is 1.25. The van der Waals surface area contributed by atoms with Crippen molar-refractivity contribution in [1.29, 1.82) is 0 Å². The Morgan fingerprint density at radius 3 is 2.46 bits per heavy atom. The molecule has 4 N–H and O–H groups in total. The van der Waals surface area contributed by atoms with Crippen molar-refractivity contribution in [3.05, 3.63) is 35.9 Å². The van der Waals surface area contributed by atoms with E-state index in [4.69, 9.17) is 11.6 Å².